The average molecular weight is 344 g/mol. The fourth-order valence-electron chi connectivity index (χ4n) is 2.45. The van der Waals surface area contributed by atoms with Crippen LogP contribution in [0.15, 0.2) is 42.6 Å². The third-order valence-corrected chi connectivity index (χ3v) is 3.78. The highest BCUT2D eigenvalue weighted by atomic mass is 16.5. The van der Waals surface area contributed by atoms with Gasteiger partial charge in [-0.25, -0.2) is 9.78 Å². The summed E-state index contributed by atoms with van der Waals surface area (Å²) in [5.41, 5.74) is 1.61. The zero-order chi connectivity index (χ0) is 18.2. The molecule has 0 bridgehead atoms. The first-order chi connectivity index (χ1) is 12.0. The molecule has 0 unspecified atom stereocenters. The number of hydrogen-bond acceptors (Lipinski definition) is 5. The molecule has 2 N–H and O–H groups in total. The van der Waals surface area contributed by atoms with E-state index in [1.807, 2.05) is 43.3 Å². The molecule has 2 rings (SSSR count). The summed E-state index contributed by atoms with van der Waals surface area (Å²) in [6.07, 6.45) is 1.54. The summed E-state index contributed by atoms with van der Waals surface area (Å²) in [5, 5.41) is 5.63. The molecule has 0 saturated carbocycles. The van der Waals surface area contributed by atoms with Crippen LogP contribution in [0.1, 0.15) is 11.6 Å². The monoisotopic (exact) mass is 344 g/mol. The molecule has 1 atom stereocenters. The Labute approximate surface area is 148 Å². The number of carbonyl (C=O) groups excluding carboxylic acids is 1. The van der Waals surface area contributed by atoms with Crippen molar-refractivity contribution in [1.29, 1.82) is 0 Å². The highest BCUT2D eigenvalue weighted by Gasteiger charge is 2.19. The van der Waals surface area contributed by atoms with Crippen molar-refractivity contribution in [2.24, 2.45) is 0 Å². The summed E-state index contributed by atoms with van der Waals surface area (Å²) in [7, 11) is 7.11. The highest BCUT2D eigenvalue weighted by molar-refractivity contribution is 5.89. The molecule has 0 aliphatic heterocycles. The van der Waals surface area contributed by atoms with Gasteiger partial charge in [0.05, 0.1) is 32.1 Å². The van der Waals surface area contributed by atoms with Crippen molar-refractivity contribution in [3.05, 3.63) is 48.2 Å². The van der Waals surface area contributed by atoms with Gasteiger partial charge in [-0.05, 0) is 26.2 Å². The maximum absolute atomic E-state index is 12.1. The number of methoxy groups -OCH3 is 2. The number of amides is 2. The molecule has 1 aromatic carbocycles. The lowest BCUT2D eigenvalue weighted by Crippen LogP contribution is -2.37. The van der Waals surface area contributed by atoms with Crippen molar-refractivity contribution >= 4 is 11.7 Å². The molecule has 1 heterocycles. The Bertz CT molecular complexity index is 689. The summed E-state index contributed by atoms with van der Waals surface area (Å²) >= 11 is 0. The predicted molar refractivity (Wildman–Crippen MR) is 97.2 cm³/mol. The Morgan fingerprint density at radius 3 is 2.52 bits per heavy atom. The van der Waals surface area contributed by atoms with Crippen molar-refractivity contribution in [3.63, 3.8) is 0 Å². The minimum Gasteiger partial charge on any atom is -0.496 e. The van der Waals surface area contributed by atoms with E-state index in [2.05, 4.69) is 15.6 Å². The summed E-state index contributed by atoms with van der Waals surface area (Å²) in [6, 6.07) is 10.9. The lowest BCUT2D eigenvalue weighted by Gasteiger charge is -2.26. The van der Waals surface area contributed by atoms with Crippen LogP contribution in [-0.4, -0.2) is 50.8 Å². The van der Waals surface area contributed by atoms with Gasteiger partial charge in [0.2, 0.25) is 5.88 Å². The van der Waals surface area contributed by atoms with Gasteiger partial charge >= 0.3 is 6.03 Å². The molecular weight excluding hydrogens is 320 g/mol. The second-order valence-electron chi connectivity index (χ2n) is 5.65. The third kappa shape index (κ3) is 5.09. The molecule has 25 heavy (non-hydrogen) atoms. The fraction of sp³-hybridized carbons (Fsp3) is 0.333. The number of nitrogens with one attached hydrogen (secondary N) is 2. The maximum Gasteiger partial charge on any atom is 0.319 e. The van der Waals surface area contributed by atoms with E-state index < -0.39 is 0 Å². The second kappa shape index (κ2) is 8.89. The Hall–Kier alpha value is -2.80. The Morgan fingerprint density at radius 2 is 1.92 bits per heavy atom. The van der Waals surface area contributed by atoms with Crippen LogP contribution in [-0.2, 0) is 0 Å². The van der Waals surface area contributed by atoms with E-state index in [0.29, 0.717) is 18.1 Å². The number of benzene rings is 1. The van der Waals surface area contributed by atoms with Gasteiger partial charge in [0.25, 0.3) is 0 Å². The molecule has 0 aliphatic rings. The van der Waals surface area contributed by atoms with Crippen LogP contribution in [0.5, 0.6) is 11.6 Å². The van der Waals surface area contributed by atoms with E-state index in [9.17, 15) is 4.79 Å². The van der Waals surface area contributed by atoms with Crippen LogP contribution in [0.25, 0.3) is 0 Å². The summed E-state index contributed by atoms with van der Waals surface area (Å²) in [6.45, 7) is 0.433. The number of ether oxygens (including phenoxy) is 2. The number of likely N-dealkylation sites (N-methyl/N-ethyl adjacent to an activating group) is 1. The molecule has 7 nitrogen and oxygen atoms in total. The molecule has 0 spiro atoms. The maximum atomic E-state index is 12.1. The standard InChI is InChI=1S/C18H24N4O3/c1-22(2)15(14-7-5-6-8-16(14)24-3)12-20-18(23)21-13-9-10-17(25-4)19-11-13/h5-11,15H,12H2,1-4H3,(H2,20,21,23)/t15-/m0/s1. The third-order valence-electron chi connectivity index (χ3n) is 3.78. The zero-order valence-electron chi connectivity index (χ0n) is 14.9. The van der Waals surface area contributed by atoms with Crippen molar-refractivity contribution in [1.82, 2.24) is 15.2 Å². The van der Waals surface area contributed by atoms with E-state index in [4.69, 9.17) is 9.47 Å². The normalized spacial score (nSPS) is 11.7. The number of anilines is 1. The van der Waals surface area contributed by atoms with Gasteiger partial charge in [0, 0.05) is 18.2 Å². The van der Waals surface area contributed by atoms with Gasteiger partial charge in [-0.3, -0.25) is 0 Å². The smallest absolute Gasteiger partial charge is 0.319 e. The average Bonchev–Trinajstić information content (AvgIpc) is 2.62. The lowest BCUT2D eigenvalue weighted by molar-refractivity contribution is 0.242. The number of hydrogen-bond donors (Lipinski definition) is 2. The van der Waals surface area contributed by atoms with Crippen LogP contribution < -0.4 is 20.1 Å². The lowest BCUT2D eigenvalue weighted by atomic mass is 10.0. The molecule has 2 aromatic rings. The molecule has 7 heteroatoms. The first kappa shape index (κ1) is 18.5. The molecule has 2 amide bonds. The number of nitrogens with zero attached hydrogens (tertiary/aromatic N) is 2. The number of rotatable bonds is 7. The van der Waals surface area contributed by atoms with Crippen LogP contribution in [0.2, 0.25) is 0 Å². The Balaban J connectivity index is 1.99. The number of aromatic nitrogens is 1. The van der Waals surface area contributed by atoms with E-state index in [1.165, 1.54) is 0 Å². The Kier molecular flexibility index (Phi) is 6.59. The van der Waals surface area contributed by atoms with Crippen molar-refractivity contribution in [2.75, 3.05) is 40.2 Å². The van der Waals surface area contributed by atoms with Gasteiger partial charge in [-0.1, -0.05) is 18.2 Å². The SMILES string of the molecule is COc1ccc(NC(=O)NC[C@@H](c2ccccc2OC)N(C)C)cn1. The van der Waals surface area contributed by atoms with E-state index in [0.717, 1.165) is 11.3 Å². The van der Waals surface area contributed by atoms with Crippen LogP contribution in [0, 0.1) is 0 Å². The first-order valence-electron chi connectivity index (χ1n) is 7.89. The highest BCUT2D eigenvalue weighted by Crippen LogP contribution is 2.27. The van der Waals surface area contributed by atoms with E-state index in [1.54, 1.807) is 32.5 Å². The van der Waals surface area contributed by atoms with Gasteiger partial charge in [0.15, 0.2) is 0 Å². The number of carbonyl (C=O) groups is 1. The molecule has 0 aliphatic carbocycles. The zero-order valence-corrected chi connectivity index (χ0v) is 14.9. The summed E-state index contributed by atoms with van der Waals surface area (Å²) < 4.78 is 10.4. The quantitative estimate of drug-likeness (QED) is 0.807. The fourth-order valence-corrected chi connectivity index (χ4v) is 2.45. The molecular formula is C18H24N4O3. The van der Waals surface area contributed by atoms with Gasteiger partial charge in [-0.2, -0.15) is 0 Å². The van der Waals surface area contributed by atoms with E-state index >= 15 is 0 Å². The van der Waals surface area contributed by atoms with Crippen molar-refractivity contribution in [2.45, 2.75) is 6.04 Å². The van der Waals surface area contributed by atoms with E-state index in [-0.39, 0.29) is 12.1 Å². The summed E-state index contributed by atoms with van der Waals surface area (Å²) in [5.74, 6) is 1.29. The number of para-hydroxylation sites is 1. The number of urea groups is 1. The van der Waals surface area contributed by atoms with Crippen LogP contribution in [0.4, 0.5) is 10.5 Å². The van der Waals surface area contributed by atoms with Crippen LogP contribution >= 0.6 is 0 Å². The molecule has 0 fully saturated rings. The van der Waals surface area contributed by atoms with Crippen molar-refractivity contribution < 1.29 is 14.3 Å². The van der Waals surface area contributed by atoms with Crippen LogP contribution in [0.3, 0.4) is 0 Å². The Morgan fingerprint density at radius 1 is 1.16 bits per heavy atom. The van der Waals surface area contributed by atoms with Gasteiger partial charge in [0.1, 0.15) is 5.75 Å². The van der Waals surface area contributed by atoms with Gasteiger partial charge < -0.3 is 25.0 Å². The largest absolute Gasteiger partial charge is 0.496 e. The predicted octanol–water partition coefficient (Wildman–Crippen LogP) is 2.52. The molecule has 1 aromatic heterocycles. The minimum absolute atomic E-state index is 0.0177. The minimum atomic E-state index is -0.297. The summed E-state index contributed by atoms with van der Waals surface area (Å²) in [4.78, 5) is 18.2. The van der Waals surface area contributed by atoms with Gasteiger partial charge in [-0.15, -0.1) is 0 Å². The van der Waals surface area contributed by atoms with Crippen molar-refractivity contribution in [3.8, 4) is 11.6 Å². The topological polar surface area (TPSA) is 75.7 Å². The molecule has 134 valence electrons. The second-order valence-corrected chi connectivity index (χ2v) is 5.65. The first-order valence-corrected chi connectivity index (χ1v) is 7.89. The number of pyridine rings is 1. The molecule has 0 saturated heterocycles. The molecule has 0 radical (unpaired) electrons.